The van der Waals surface area contributed by atoms with Crippen molar-refractivity contribution in [1.29, 1.82) is 0 Å². The van der Waals surface area contributed by atoms with Crippen LogP contribution in [-0.4, -0.2) is 24.1 Å². The average molecular weight is 790 g/mol. The van der Waals surface area contributed by atoms with E-state index in [0.29, 0.717) is 17.5 Å². The molecule has 0 N–H and O–H groups in total. The molecule has 0 amide bonds. The van der Waals surface area contributed by atoms with Gasteiger partial charge in [0.05, 0.1) is 0 Å². The number of benzene rings is 8. The van der Waals surface area contributed by atoms with Gasteiger partial charge in [-0.2, -0.15) is 0 Å². The zero-order chi connectivity index (χ0) is 38.2. The van der Waals surface area contributed by atoms with Crippen LogP contribution in [0.15, 0.2) is 182 Å². The van der Waals surface area contributed by atoms with Gasteiger partial charge in [-0.3, -0.25) is 0 Å². The highest BCUT2D eigenvalue weighted by Crippen LogP contribution is 2.44. The first kappa shape index (κ1) is 33.4. The molecule has 4 heterocycles. The van der Waals surface area contributed by atoms with Crippen molar-refractivity contribution in [2.45, 2.75) is 0 Å². The predicted molar refractivity (Wildman–Crippen MR) is 251 cm³/mol. The van der Waals surface area contributed by atoms with E-state index in [2.05, 4.69) is 163 Å². The zero-order valence-electron chi connectivity index (χ0n) is 31.1. The SMILES string of the molecule is c1ccc(-c2nc(-c3cccc(-c4cccc5sc6ccc(-c7cc8ccccc8c8ccccc78)cc6c45)c3)nc(-c3c[siH]c4c(c3)sc3ccccc34)n2)cc1. The van der Waals surface area contributed by atoms with Crippen LogP contribution in [0.1, 0.15) is 0 Å². The molecule has 12 rings (SSSR count). The minimum absolute atomic E-state index is 0.0576. The van der Waals surface area contributed by atoms with Crippen LogP contribution in [0.5, 0.6) is 0 Å². The summed E-state index contributed by atoms with van der Waals surface area (Å²) in [6, 6.07) is 63.5. The van der Waals surface area contributed by atoms with Crippen LogP contribution in [0.3, 0.4) is 0 Å². The van der Waals surface area contributed by atoms with E-state index in [0.717, 1.165) is 22.3 Å². The fourth-order valence-corrected chi connectivity index (χ4v) is 12.5. The van der Waals surface area contributed by atoms with Crippen molar-refractivity contribution >= 4 is 93.3 Å². The van der Waals surface area contributed by atoms with Crippen LogP contribution in [0.4, 0.5) is 0 Å². The molecular weight excluding hydrogens is 759 g/mol. The van der Waals surface area contributed by atoms with Gasteiger partial charge in [0.2, 0.25) is 0 Å². The van der Waals surface area contributed by atoms with Crippen LogP contribution >= 0.6 is 22.7 Å². The normalized spacial score (nSPS) is 11.8. The second kappa shape index (κ2) is 13.5. The quantitative estimate of drug-likeness (QED) is 0.129. The maximum absolute atomic E-state index is 5.21. The molecule has 0 saturated heterocycles. The van der Waals surface area contributed by atoms with Crippen LogP contribution < -0.4 is 0 Å². The topological polar surface area (TPSA) is 38.7 Å². The molecule has 8 aromatic carbocycles. The Hall–Kier alpha value is -6.70. The summed E-state index contributed by atoms with van der Waals surface area (Å²) < 4.78 is 5.20. The van der Waals surface area contributed by atoms with Gasteiger partial charge in [0, 0.05) is 55.4 Å². The molecule has 270 valence electrons. The van der Waals surface area contributed by atoms with E-state index in [1.165, 1.54) is 78.2 Å². The molecular formula is C52H31N3S2Si. The number of hydrogen-bond acceptors (Lipinski definition) is 5. The van der Waals surface area contributed by atoms with E-state index in [1.54, 1.807) is 0 Å². The predicted octanol–water partition coefficient (Wildman–Crippen LogP) is 14.3. The smallest absolute Gasteiger partial charge is 0.164 e. The third-order valence-corrected chi connectivity index (χ3v) is 15.3. The van der Waals surface area contributed by atoms with Crippen molar-refractivity contribution < 1.29 is 0 Å². The first-order valence-electron chi connectivity index (χ1n) is 19.4. The lowest BCUT2D eigenvalue weighted by Crippen LogP contribution is -2.00. The van der Waals surface area contributed by atoms with Gasteiger partial charge < -0.3 is 0 Å². The first-order chi connectivity index (χ1) is 28.7. The highest BCUT2D eigenvalue weighted by Gasteiger charge is 2.17. The number of fused-ring (bicyclic) bond motifs is 9. The van der Waals surface area contributed by atoms with Gasteiger partial charge in [0.15, 0.2) is 17.5 Å². The Bertz CT molecular complexity index is 3590. The molecule has 0 aliphatic rings. The molecule has 0 atom stereocenters. The Morgan fingerprint density at radius 2 is 0.966 bits per heavy atom. The van der Waals surface area contributed by atoms with E-state index in [1.807, 2.05) is 40.9 Å². The highest BCUT2D eigenvalue weighted by molar-refractivity contribution is 7.26. The summed E-state index contributed by atoms with van der Waals surface area (Å²) in [7, 11) is -0.0576. The molecule has 0 spiro atoms. The highest BCUT2D eigenvalue weighted by atomic mass is 32.1. The van der Waals surface area contributed by atoms with Gasteiger partial charge >= 0.3 is 0 Å². The van der Waals surface area contributed by atoms with Crippen molar-refractivity contribution in [1.82, 2.24) is 15.0 Å². The minimum Gasteiger partial charge on any atom is -0.208 e. The summed E-state index contributed by atoms with van der Waals surface area (Å²) in [5.74, 6) is 2.06. The summed E-state index contributed by atoms with van der Waals surface area (Å²) in [6.07, 6.45) is 0. The van der Waals surface area contributed by atoms with E-state index in [9.17, 15) is 0 Å². The molecule has 12 aromatic rings. The minimum atomic E-state index is -0.0576. The van der Waals surface area contributed by atoms with Crippen molar-refractivity contribution in [3.63, 3.8) is 0 Å². The average Bonchev–Trinajstić information content (AvgIpc) is 3.87. The fourth-order valence-electron chi connectivity index (χ4n) is 8.57. The summed E-state index contributed by atoms with van der Waals surface area (Å²) in [6.45, 7) is 0. The Balaban J connectivity index is 1.01. The van der Waals surface area contributed by atoms with Gasteiger partial charge in [0.1, 0.15) is 0 Å². The van der Waals surface area contributed by atoms with Gasteiger partial charge in [-0.25, -0.2) is 15.0 Å². The van der Waals surface area contributed by atoms with Crippen LogP contribution in [0.25, 0.3) is 118 Å². The molecule has 4 aromatic heterocycles. The maximum atomic E-state index is 5.21. The van der Waals surface area contributed by atoms with E-state index in [4.69, 9.17) is 15.0 Å². The van der Waals surface area contributed by atoms with E-state index < -0.39 is 0 Å². The number of aromatic nitrogens is 3. The second-order valence-corrected chi connectivity index (χ2v) is 18.2. The van der Waals surface area contributed by atoms with Crippen molar-refractivity contribution in [2.24, 2.45) is 0 Å². The molecule has 0 aliphatic carbocycles. The molecule has 6 heteroatoms. The second-order valence-electron chi connectivity index (χ2n) is 14.7. The summed E-state index contributed by atoms with van der Waals surface area (Å²) in [4.78, 5) is 16.9. The molecule has 3 nitrogen and oxygen atoms in total. The monoisotopic (exact) mass is 789 g/mol. The third-order valence-electron chi connectivity index (χ3n) is 11.3. The van der Waals surface area contributed by atoms with Crippen molar-refractivity contribution in [3.8, 4) is 56.4 Å². The molecule has 0 bridgehead atoms. The fraction of sp³-hybridized carbons (Fsp3) is 0. The summed E-state index contributed by atoms with van der Waals surface area (Å²) in [5, 5.41) is 9.01. The first-order valence-corrected chi connectivity index (χ1v) is 22.3. The third kappa shape index (κ3) is 5.52. The van der Waals surface area contributed by atoms with Gasteiger partial charge in [-0.1, -0.05) is 139 Å². The van der Waals surface area contributed by atoms with Gasteiger partial charge in [-0.15, -0.1) is 22.7 Å². The molecule has 0 unspecified atom stereocenters. The van der Waals surface area contributed by atoms with Gasteiger partial charge in [-0.05, 0) is 96.6 Å². The molecule has 0 saturated carbocycles. The van der Waals surface area contributed by atoms with Crippen molar-refractivity contribution in [2.75, 3.05) is 0 Å². The Labute approximate surface area is 344 Å². The summed E-state index contributed by atoms with van der Waals surface area (Å²) >= 11 is 3.71. The number of thiophene rings is 2. The van der Waals surface area contributed by atoms with Crippen LogP contribution in [0.2, 0.25) is 0 Å². The zero-order valence-corrected chi connectivity index (χ0v) is 33.8. The van der Waals surface area contributed by atoms with E-state index >= 15 is 0 Å². The number of nitrogens with zero attached hydrogens (tertiary/aromatic N) is 3. The Kier molecular flexibility index (Phi) is 7.76. The summed E-state index contributed by atoms with van der Waals surface area (Å²) in [5.41, 5.74) is 10.2. The van der Waals surface area contributed by atoms with Crippen LogP contribution in [0, 0.1) is 0 Å². The largest absolute Gasteiger partial charge is 0.208 e. The molecule has 58 heavy (non-hydrogen) atoms. The van der Waals surface area contributed by atoms with Crippen LogP contribution in [-0.2, 0) is 0 Å². The Morgan fingerprint density at radius 3 is 1.84 bits per heavy atom. The molecule has 0 aliphatic heterocycles. The molecule has 0 radical (unpaired) electrons. The Morgan fingerprint density at radius 1 is 0.345 bits per heavy atom. The standard InChI is InChI=1S/C52H31N3S2Si/c1-2-12-31(13-3-1)50-53-51(55-52(54-50)36-29-47-49(58-30-36)41-20-8-9-22-44(41)57-47)35-16-10-15-32(26-35)38-21-11-23-46-48(38)43-28-34(24-25-45(43)56-46)42-27-33-14-4-5-17-37(33)39-18-6-7-19-40(39)42/h1-30,58H. The van der Waals surface area contributed by atoms with E-state index in [-0.39, 0.29) is 9.12 Å². The lowest BCUT2D eigenvalue weighted by atomic mass is 9.92. The molecule has 0 fully saturated rings. The number of rotatable bonds is 5. The van der Waals surface area contributed by atoms with Gasteiger partial charge in [0.25, 0.3) is 0 Å². The van der Waals surface area contributed by atoms with Crippen molar-refractivity contribution in [3.05, 3.63) is 182 Å². The lowest BCUT2D eigenvalue weighted by Gasteiger charge is -2.12. The maximum Gasteiger partial charge on any atom is 0.164 e. The lowest BCUT2D eigenvalue weighted by molar-refractivity contribution is 1.08. The number of hydrogen-bond donors (Lipinski definition) is 0.